The van der Waals surface area contributed by atoms with Gasteiger partial charge in [-0.2, -0.15) is 0 Å². The summed E-state index contributed by atoms with van der Waals surface area (Å²) in [4.78, 5) is 99.4. The summed E-state index contributed by atoms with van der Waals surface area (Å²) in [7, 11) is 0. The number of carboxylic acid groups (broad SMARTS) is 2. The number of ketones is 2. The Bertz CT molecular complexity index is 1630. The summed E-state index contributed by atoms with van der Waals surface area (Å²) in [6, 6.07) is 10.6. The maximum Gasteiger partial charge on any atom is 0.323 e. The van der Waals surface area contributed by atoms with Gasteiger partial charge in [0.05, 0.1) is 25.0 Å². The summed E-state index contributed by atoms with van der Waals surface area (Å²) in [5, 5.41) is 38.2. The van der Waals surface area contributed by atoms with Gasteiger partial charge in [-0.15, -0.1) is 0 Å². The highest BCUT2D eigenvalue weighted by Crippen LogP contribution is 2.23. The van der Waals surface area contributed by atoms with Crippen molar-refractivity contribution in [3.63, 3.8) is 0 Å². The third-order valence-corrected chi connectivity index (χ3v) is 8.79. The number of aliphatic hydroxyl groups is 1. The Morgan fingerprint density at radius 3 is 2.00 bits per heavy atom. The maximum atomic E-state index is 13.6. The zero-order valence-electron chi connectivity index (χ0n) is 30.1. The molecular formula is C37H49N5O11. The lowest BCUT2D eigenvalue weighted by Gasteiger charge is -2.26. The van der Waals surface area contributed by atoms with Crippen molar-refractivity contribution in [1.29, 1.82) is 0 Å². The summed E-state index contributed by atoms with van der Waals surface area (Å²) in [5.74, 6) is -8.92. The minimum absolute atomic E-state index is 0.0155. The van der Waals surface area contributed by atoms with E-state index in [0.29, 0.717) is 23.4 Å². The number of hydrogen-bond acceptors (Lipinski definition) is 9. The second-order valence-electron chi connectivity index (χ2n) is 13.0. The van der Waals surface area contributed by atoms with Gasteiger partial charge in [0.1, 0.15) is 11.8 Å². The summed E-state index contributed by atoms with van der Waals surface area (Å²) in [5.41, 5.74) is 7.86. The van der Waals surface area contributed by atoms with E-state index in [9.17, 15) is 43.5 Å². The molecule has 16 heteroatoms. The van der Waals surface area contributed by atoms with E-state index in [1.807, 2.05) is 26.0 Å². The van der Waals surface area contributed by atoms with Crippen molar-refractivity contribution in [1.82, 2.24) is 10.6 Å². The minimum atomic E-state index is -1.60. The zero-order chi connectivity index (χ0) is 39.7. The molecule has 0 spiro atoms. The number of primary amides is 1. The first-order chi connectivity index (χ1) is 25.0. The predicted octanol–water partition coefficient (Wildman–Crippen LogP) is 2.56. The molecule has 0 aromatic heterocycles. The molecule has 0 aliphatic carbocycles. The quantitative estimate of drug-likeness (QED) is 0.0820. The fraction of sp³-hybridized carbons (Fsp3) is 0.459. The molecule has 5 atom stereocenters. The summed E-state index contributed by atoms with van der Waals surface area (Å²) in [6.07, 6.45) is -1.60. The Morgan fingerprint density at radius 1 is 0.792 bits per heavy atom. The van der Waals surface area contributed by atoms with Gasteiger partial charge in [-0.1, -0.05) is 50.6 Å². The van der Waals surface area contributed by atoms with E-state index in [2.05, 4.69) is 21.3 Å². The average molecular weight is 740 g/mol. The van der Waals surface area contributed by atoms with Crippen LogP contribution in [0.15, 0.2) is 48.5 Å². The van der Waals surface area contributed by atoms with Gasteiger partial charge in [-0.05, 0) is 55.0 Å². The first-order valence-electron chi connectivity index (χ1n) is 17.3. The largest absolute Gasteiger partial charge is 0.481 e. The normalized spacial score (nSPS) is 13.7. The molecule has 53 heavy (non-hydrogen) atoms. The third-order valence-electron chi connectivity index (χ3n) is 8.79. The molecule has 0 aliphatic rings. The monoisotopic (exact) mass is 739 g/mol. The number of Topliss-reactive ketones (excluding diaryl/α,β-unsaturated/α-hetero) is 2. The number of para-hydroxylation sites is 1. The Balaban J connectivity index is 2.12. The first-order valence-corrected chi connectivity index (χ1v) is 17.3. The number of aryl methyl sites for hydroxylation is 1. The average Bonchev–Trinajstić information content (AvgIpc) is 3.09. The van der Waals surface area contributed by atoms with Gasteiger partial charge in [0.2, 0.25) is 17.7 Å². The van der Waals surface area contributed by atoms with Gasteiger partial charge in [0.15, 0.2) is 5.78 Å². The van der Waals surface area contributed by atoms with Crippen molar-refractivity contribution in [3.05, 3.63) is 59.7 Å². The Morgan fingerprint density at radius 2 is 1.43 bits per heavy atom. The zero-order valence-corrected chi connectivity index (χ0v) is 30.1. The molecule has 0 radical (unpaired) electrons. The van der Waals surface area contributed by atoms with Crippen LogP contribution in [0, 0.1) is 24.7 Å². The van der Waals surface area contributed by atoms with E-state index in [1.54, 1.807) is 43.3 Å². The molecule has 0 fully saturated rings. The summed E-state index contributed by atoms with van der Waals surface area (Å²) < 4.78 is 0. The van der Waals surface area contributed by atoms with Crippen molar-refractivity contribution in [2.45, 2.75) is 84.2 Å². The van der Waals surface area contributed by atoms with Crippen LogP contribution in [-0.2, 0) is 40.0 Å². The molecular weight excluding hydrogens is 690 g/mol. The third kappa shape index (κ3) is 15.2. The molecule has 1 unspecified atom stereocenters. The minimum Gasteiger partial charge on any atom is -0.481 e. The van der Waals surface area contributed by atoms with Gasteiger partial charge in [-0.3, -0.25) is 33.6 Å². The number of nitrogens with one attached hydrogen (secondary N) is 4. The number of carboxylic acids is 2. The van der Waals surface area contributed by atoms with Crippen LogP contribution < -0.4 is 27.0 Å². The first kappa shape index (κ1) is 43.5. The molecule has 0 aliphatic heterocycles. The van der Waals surface area contributed by atoms with Crippen molar-refractivity contribution >= 4 is 58.6 Å². The number of aliphatic carboxylic acids is 2. The number of nitrogens with two attached hydrogens (primary N) is 1. The molecule has 0 bridgehead atoms. The van der Waals surface area contributed by atoms with Crippen LogP contribution in [0.5, 0.6) is 0 Å². The number of benzene rings is 2. The van der Waals surface area contributed by atoms with Crippen LogP contribution >= 0.6 is 0 Å². The Labute approximate surface area is 307 Å². The Kier molecular flexibility index (Phi) is 17.8. The number of carbonyl (C=O) groups is 8. The van der Waals surface area contributed by atoms with Crippen molar-refractivity contribution < 1.29 is 53.7 Å². The lowest BCUT2D eigenvalue weighted by atomic mass is 9.85. The molecule has 2 aromatic carbocycles. The van der Waals surface area contributed by atoms with E-state index in [1.165, 1.54) is 0 Å². The highest BCUT2D eigenvalue weighted by Gasteiger charge is 2.33. The molecule has 0 saturated carbocycles. The lowest BCUT2D eigenvalue weighted by Crippen LogP contribution is -2.50. The number of aliphatic hydroxyl groups excluding tert-OH is 1. The van der Waals surface area contributed by atoms with Crippen LogP contribution in [0.3, 0.4) is 0 Å². The standard InChI is InChI=1S/C37H49N5O11/c1-4-21(2)27(18-26(44)16-23-12-14-25(15-13-23)39-37(53)42-28-9-6-5-8-22(28)3)36(52)40-29(10-7-11-32(46)47)31(45)17-24(20-43)35(51)41-30(34(38)50)19-33(48)49/h5-6,8-9,12-15,21,24,27,29-30,43H,4,7,10-11,16-20H2,1-3H3,(H2,38,50)(H,40,52)(H,41,51)(H,46,47)(H,48,49)(H2,39,42,53)/t21?,24-,27-,29-,30-/m0/s1. The van der Waals surface area contributed by atoms with Gasteiger partial charge in [0, 0.05) is 43.0 Å². The lowest BCUT2D eigenvalue weighted by molar-refractivity contribution is -0.141. The molecule has 2 aromatic rings. The second kappa shape index (κ2) is 21.7. The number of hydrogen-bond donors (Lipinski definition) is 8. The second-order valence-corrected chi connectivity index (χ2v) is 13.0. The number of anilines is 2. The van der Waals surface area contributed by atoms with E-state index in [-0.39, 0.29) is 43.8 Å². The van der Waals surface area contributed by atoms with E-state index >= 15 is 0 Å². The number of amides is 5. The van der Waals surface area contributed by atoms with Crippen molar-refractivity contribution in [2.24, 2.45) is 23.5 Å². The fourth-order valence-corrected chi connectivity index (χ4v) is 5.45. The molecule has 0 saturated heterocycles. The van der Waals surface area contributed by atoms with Gasteiger partial charge < -0.3 is 42.3 Å². The van der Waals surface area contributed by atoms with Crippen molar-refractivity contribution in [3.8, 4) is 0 Å². The van der Waals surface area contributed by atoms with Gasteiger partial charge in [0.25, 0.3) is 0 Å². The van der Waals surface area contributed by atoms with Crippen LogP contribution in [0.2, 0.25) is 0 Å². The molecule has 5 amide bonds. The van der Waals surface area contributed by atoms with Crippen molar-refractivity contribution in [2.75, 3.05) is 17.2 Å². The topological polar surface area (TPSA) is 271 Å². The number of urea groups is 1. The number of carbonyl (C=O) groups excluding carboxylic acids is 6. The molecule has 16 nitrogen and oxygen atoms in total. The molecule has 0 heterocycles. The maximum absolute atomic E-state index is 13.6. The van der Waals surface area contributed by atoms with Crippen LogP contribution in [-0.4, -0.2) is 81.3 Å². The Hall–Kier alpha value is -5.64. The van der Waals surface area contributed by atoms with E-state index < -0.39 is 84.8 Å². The smallest absolute Gasteiger partial charge is 0.323 e. The highest BCUT2D eigenvalue weighted by molar-refractivity contribution is 6.00. The van der Waals surface area contributed by atoms with E-state index in [0.717, 1.165) is 5.56 Å². The van der Waals surface area contributed by atoms with E-state index in [4.69, 9.17) is 15.9 Å². The summed E-state index contributed by atoms with van der Waals surface area (Å²) >= 11 is 0. The number of rotatable bonds is 23. The molecule has 2 rings (SSSR count). The molecule has 9 N–H and O–H groups in total. The predicted molar refractivity (Wildman–Crippen MR) is 194 cm³/mol. The van der Waals surface area contributed by atoms with Crippen LogP contribution in [0.1, 0.15) is 69.9 Å². The van der Waals surface area contributed by atoms with Crippen LogP contribution in [0.25, 0.3) is 0 Å². The summed E-state index contributed by atoms with van der Waals surface area (Å²) in [6.45, 7) is 4.61. The SMILES string of the molecule is CCC(C)[C@H](CC(=O)Cc1ccc(NC(=O)Nc2ccccc2C)cc1)C(=O)N[C@@H](CCCC(=O)O)C(=O)C[C@@H](CO)C(=O)N[C@@H](CC(=O)O)C(N)=O. The fourth-order valence-electron chi connectivity index (χ4n) is 5.45. The van der Waals surface area contributed by atoms with Gasteiger partial charge in [-0.25, -0.2) is 4.79 Å². The van der Waals surface area contributed by atoms with Gasteiger partial charge >= 0.3 is 18.0 Å². The highest BCUT2D eigenvalue weighted by atomic mass is 16.4. The molecule has 288 valence electrons. The van der Waals surface area contributed by atoms with Crippen LogP contribution in [0.4, 0.5) is 16.2 Å².